The first-order valence-electron chi connectivity index (χ1n) is 7.58. The molecule has 1 amide bonds. The standard InChI is InChI=1S/C16H20N4O3S/c1-3-4-7-18-11-5-6-12(13(8-11)23-10(2)21)15(22)20-16-19-9-14(17)24-16/h5-6,8-9,18H,3-4,7,17H2,1-2H3,(H,19,20,22). The summed E-state index contributed by atoms with van der Waals surface area (Å²) < 4.78 is 5.17. The summed E-state index contributed by atoms with van der Waals surface area (Å²) in [4.78, 5) is 27.7. The first-order chi connectivity index (χ1) is 11.5. The van der Waals surface area contributed by atoms with Gasteiger partial charge in [-0.1, -0.05) is 24.7 Å². The monoisotopic (exact) mass is 348 g/mol. The number of rotatable bonds is 7. The van der Waals surface area contributed by atoms with E-state index in [-0.39, 0.29) is 11.3 Å². The lowest BCUT2D eigenvalue weighted by Gasteiger charge is -2.12. The van der Waals surface area contributed by atoms with Crippen LogP contribution in [0.5, 0.6) is 5.75 Å². The van der Waals surface area contributed by atoms with E-state index in [9.17, 15) is 9.59 Å². The van der Waals surface area contributed by atoms with E-state index in [2.05, 4.69) is 22.5 Å². The molecule has 0 radical (unpaired) electrons. The fraction of sp³-hybridized carbons (Fsp3) is 0.312. The molecule has 0 saturated carbocycles. The lowest BCUT2D eigenvalue weighted by atomic mass is 10.1. The number of amides is 1. The summed E-state index contributed by atoms with van der Waals surface area (Å²) in [6.07, 6.45) is 3.56. The quantitative estimate of drug-likeness (QED) is 0.403. The summed E-state index contributed by atoms with van der Waals surface area (Å²) in [5, 5.41) is 6.76. The van der Waals surface area contributed by atoms with Crippen LogP contribution < -0.4 is 21.1 Å². The molecule has 1 heterocycles. The van der Waals surface area contributed by atoms with E-state index in [0.29, 0.717) is 10.1 Å². The SMILES string of the molecule is CCCCNc1ccc(C(=O)Nc2ncc(N)s2)c(OC(C)=O)c1. The van der Waals surface area contributed by atoms with Gasteiger partial charge in [0.05, 0.1) is 11.8 Å². The molecule has 4 N–H and O–H groups in total. The Morgan fingerprint density at radius 3 is 2.79 bits per heavy atom. The van der Waals surface area contributed by atoms with Crippen LogP contribution in [0.1, 0.15) is 37.0 Å². The van der Waals surface area contributed by atoms with E-state index in [1.807, 2.05) is 0 Å². The third-order valence-electron chi connectivity index (χ3n) is 3.08. The number of esters is 1. The van der Waals surface area contributed by atoms with Crippen LogP contribution in [0, 0.1) is 0 Å². The number of carbonyl (C=O) groups excluding carboxylic acids is 2. The predicted molar refractivity (Wildman–Crippen MR) is 95.6 cm³/mol. The van der Waals surface area contributed by atoms with Gasteiger partial charge in [-0.2, -0.15) is 0 Å². The molecule has 0 spiro atoms. The van der Waals surface area contributed by atoms with Crippen LogP contribution in [-0.2, 0) is 4.79 Å². The van der Waals surface area contributed by atoms with Gasteiger partial charge < -0.3 is 15.8 Å². The Morgan fingerprint density at radius 2 is 2.17 bits per heavy atom. The third-order valence-corrected chi connectivity index (χ3v) is 3.83. The van der Waals surface area contributed by atoms with Crippen molar-refractivity contribution in [3.05, 3.63) is 30.0 Å². The molecule has 128 valence electrons. The molecule has 2 aromatic rings. The molecule has 2 rings (SSSR count). The normalized spacial score (nSPS) is 10.2. The van der Waals surface area contributed by atoms with Gasteiger partial charge in [-0.15, -0.1) is 0 Å². The molecule has 0 unspecified atom stereocenters. The number of unbranched alkanes of at least 4 members (excludes halogenated alkanes) is 1. The molecular weight excluding hydrogens is 328 g/mol. The van der Waals surface area contributed by atoms with Crippen LogP contribution in [-0.4, -0.2) is 23.4 Å². The van der Waals surface area contributed by atoms with Crippen molar-refractivity contribution in [1.82, 2.24) is 4.98 Å². The first-order valence-corrected chi connectivity index (χ1v) is 8.40. The Bertz CT molecular complexity index is 730. The number of benzene rings is 1. The Kier molecular flexibility index (Phi) is 6.14. The van der Waals surface area contributed by atoms with Crippen LogP contribution >= 0.6 is 11.3 Å². The number of anilines is 3. The average molecular weight is 348 g/mol. The highest BCUT2D eigenvalue weighted by Crippen LogP contribution is 2.26. The molecule has 0 saturated heterocycles. The smallest absolute Gasteiger partial charge is 0.308 e. The number of hydrogen-bond donors (Lipinski definition) is 3. The van der Waals surface area contributed by atoms with Crippen molar-refractivity contribution in [3.8, 4) is 5.75 Å². The number of nitrogens with zero attached hydrogens (tertiary/aromatic N) is 1. The van der Waals surface area contributed by atoms with E-state index in [1.165, 1.54) is 13.1 Å². The van der Waals surface area contributed by atoms with Gasteiger partial charge in [-0.3, -0.25) is 14.9 Å². The Labute approximate surface area is 144 Å². The van der Waals surface area contributed by atoms with Crippen LogP contribution in [0.2, 0.25) is 0 Å². The minimum Gasteiger partial charge on any atom is -0.426 e. The number of nitrogens with two attached hydrogens (primary N) is 1. The van der Waals surface area contributed by atoms with E-state index in [4.69, 9.17) is 10.5 Å². The molecular formula is C16H20N4O3S. The van der Waals surface area contributed by atoms with Gasteiger partial charge >= 0.3 is 5.97 Å². The summed E-state index contributed by atoms with van der Waals surface area (Å²) in [6.45, 7) is 4.20. The van der Waals surface area contributed by atoms with Crippen molar-refractivity contribution >= 4 is 39.0 Å². The van der Waals surface area contributed by atoms with E-state index < -0.39 is 11.9 Å². The van der Waals surface area contributed by atoms with E-state index in [1.54, 1.807) is 18.2 Å². The van der Waals surface area contributed by atoms with Gasteiger partial charge in [0.25, 0.3) is 5.91 Å². The van der Waals surface area contributed by atoms with Gasteiger partial charge in [0.15, 0.2) is 5.13 Å². The van der Waals surface area contributed by atoms with Crippen molar-refractivity contribution in [1.29, 1.82) is 0 Å². The fourth-order valence-corrected chi connectivity index (χ4v) is 2.56. The van der Waals surface area contributed by atoms with Crippen LogP contribution in [0.4, 0.5) is 15.8 Å². The Balaban J connectivity index is 2.19. The van der Waals surface area contributed by atoms with Gasteiger partial charge in [0, 0.05) is 25.2 Å². The Hall–Kier alpha value is -2.61. The second-order valence-corrected chi connectivity index (χ2v) is 6.17. The van der Waals surface area contributed by atoms with Gasteiger partial charge in [0.2, 0.25) is 0 Å². The van der Waals surface area contributed by atoms with Crippen molar-refractivity contribution in [3.63, 3.8) is 0 Å². The zero-order chi connectivity index (χ0) is 17.5. The highest BCUT2D eigenvalue weighted by atomic mass is 32.1. The summed E-state index contributed by atoms with van der Waals surface area (Å²) in [7, 11) is 0. The molecule has 1 aromatic carbocycles. The molecule has 7 nitrogen and oxygen atoms in total. The predicted octanol–water partition coefficient (Wildman–Crippen LogP) is 3.11. The number of thiazole rings is 1. The van der Waals surface area contributed by atoms with Crippen molar-refractivity contribution in [2.24, 2.45) is 0 Å². The van der Waals surface area contributed by atoms with Gasteiger partial charge in [-0.05, 0) is 18.6 Å². The van der Waals surface area contributed by atoms with Crippen molar-refractivity contribution in [2.45, 2.75) is 26.7 Å². The second kappa shape index (κ2) is 8.30. The fourth-order valence-electron chi connectivity index (χ4n) is 1.98. The molecule has 0 atom stereocenters. The maximum absolute atomic E-state index is 12.4. The number of nitrogen functional groups attached to an aromatic ring is 1. The average Bonchev–Trinajstić information content (AvgIpc) is 2.92. The minimum absolute atomic E-state index is 0.200. The largest absolute Gasteiger partial charge is 0.426 e. The van der Waals surface area contributed by atoms with Crippen LogP contribution in [0.15, 0.2) is 24.4 Å². The lowest BCUT2D eigenvalue weighted by Crippen LogP contribution is -2.15. The number of hydrogen-bond acceptors (Lipinski definition) is 7. The molecule has 0 fully saturated rings. The van der Waals surface area contributed by atoms with E-state index in [0.717, 1.165) is 36.4 Å². The highest BCUT2D eigenvalue weighted by Gasteiger charge is 2.16. The Morgan fingerprint density at radius 1 is 1.38 bits per heavy atom. The second-order valence-electron chi connectivity index (χ2n) is 5.11. The molecule has 8 heteroatoms. The summed E-state index contributed by atoms with van der Waals surface area (Å²) in [6, 6.07) is 5.02. The van der Waals surface area contributed by atoms with E-state index >= 15 is 0 Å². The van der Waals surface area contributed by atoms with Crippen LogP contribution in [0.25, 0.3) is 0 Å². The molecule has 0 aliphatic heterocycles. The molecule has 0 aliphatic carbocycles. The van der Waals surface area contributed by atoms with Gasteiger partial charge in [0.1, 0.15) is 10.8 Å². The summed E-state index contributed by atoms with van der Waals surface area (Å²) >= 11 is 1.16. The molecule has 1 aromatic heterocycles. The maximum Gasteiger partial charge on any atom is 0.308 e. The number of carbonyl (C=O) groups is 2. The molecule has 0 bridgehead atoms. The van der Waals surface area contributed by atoms with Gasteiger partial charge in [-0.25, -0.2) is 4.98 Å². The summed E-state index contributed by atoms with van der Waals surface area (Å²) in [5.74, 6) is -0.708. The zero-order valence-electron chi connectivity index (χ0n) is 13.6. The number of nitrogens with one attached hydrogen (secondary N) is 2. The maximum atomic E-state index is 12.4. The first kappa shape index (κ1) is 17.7. The number of aromatic nitrogens is 1. The minimum atomic E-state index is -0.492. The molecule has 0 aliphatic rings. The third kappa shape index (κ3) is 4.95. The molecule has 24 heavy (non-hydrogen) atoms. The zero-order valence-corrected chi connectivity index (χ0v) is 14.4. The number of ether oxygens (including phenoxy) is 1. The van der Waals surface area contributed by atoms with Crippen LogP contribution in [0.3, 0.4) is 0 Å². The highest BCUT2D eigenvalue weighted by molar-refractivity contribution is 7.19. The lowest BCUT2D eigenvalue weighted by molar-refractivity contribution is -0.131. The topological polar surface area (TPSA) is 106 Å². The van der Waals surface area contributed by atoms with Crippen molar-refractivity contribution in [2.75, 3.05) is 22.9 Å². The summed E-state index contributed by atoms with van der Waals surface area (Å²) in [5.41, 5.74) is 6.63. The van der Waals surface area contributed by atoms with Crippen molar-refractivity contribution < 1.29 is 14.3 Å².